The molecule has 7 heteroatoms. The first-order chi connectivity index (χ1) is 15.9. The number of ether oxygens (including phenoxy) is 3. The lowest BCUT2D eigenvalue weighted by atomic mass is 10.1. The van der Waals surface area contributed by atoms with Crippen molar-refractivity contribution in [2.24, 2.45) is 0 Å². The van der Waals surface area contributed by atoms with Crippen molar-refractivity contribution >= 4 is 39.5 Å². The smallest absolute Gasteiger partial charge is 0.337 e. The van der Waals surface area contributed by atoms with Crippen molar-refractivity contribution in [3.63, 3.8) is 0 Å². The van der Waals surface area contributed by atoms with Crippen LogP contribution in [0.4, 0.5) is 0 Å². The van der Waals surface area contributed by atoms with Crippen LogP contribution in [0.15, 0.2) is 70.9 Å². The number of hydrogen-bond acceptors (Lipinski definition) is 6. The van der Waals surface area contributed by atoms with Crippen molar-refractivity contribution in [1.29, 1.82) is 0 Å². The molecule has 0 radical (unpaired) electrons. The van der Waals surface area contributed by atoms with Crippen molar-refractivity contribution in [1.82, 2.24) is 0 Å². The van der Waals surface area contributed by atoms with Gasteiger partial charge in [0.25, 0.3) is 0 Å². The lowest BCUT2D eigenvalue weighted by molar-refractivity contribution is 0.0600. The fraction of sp³-hybridized carbons (Fsp3) is 0.115. The Balaban J connectivity index is 1.50. The first-order valence-electron chi connectivity index (χ1n) is 10.0. The molecule has 33 heavy (non-hydrogen) atoms. The van der Waals surface area contributed by atoms with Crippen LogP contribution in [0.3, 0.4) is 0 Å². The van der Waals surface area contributed by atoms with Crippen LogP contribution >= 0.6 is 15.9 Å². The van der Waals surface area contributed by atoms with Gasteiger partial charge in [0.05, 0.1) is 18.2 Å². The van der Waals surface area contributed by atoms with Gasteiger partial charge in [0, 0.05) is 15.6 Å². The predicted octanol–water partition coefficient (Wildman–Crippen LogP) is 5.42. The molecule has 0 unspecified atom stereocenters. The minimum absolute atomic E-state index is 0.134. The second kappa shape index (κ2) is 9.42. The highest BCUT2D eigenvalue weighted by molar-refractivity contribution is 9.10. The lowest BCUT2D eigenvalue weighted by Crippen LogP contribution is -2.12. The third-order valence-corrected chi connectivity index (χ3v) is 5.72. The van der Waals surface area contributed by atoms with E-state index in [-0.39, 0.29) is 23.9 Å². The van der Waals surface area contributed by atoms with Crippen LogP contribution in [0.25, 0.3) is 6.08 Å². The summed E-state index contributed by atoms with van der Waals surface area (Å²) >= 11 is 3.34. The number of rotatable bonds is 6. The molecule has 1 heterocycles. The van der Waals surface area contributed by atoms with Gasteiger partial charge >= 0.3 is 5.97 Å². The number of esters is 1. The quantitative estimate of drug-likeness (QED) is 0.252. The van der Waals surface area contributed by atoms with Gasteiger partial charge in [-0.05, 0) is 55.0 Å². The first-order valence-corrected chi connectivity index (χ1v) is 10.8. The third kappa shape index (κ3) is 4.73. The van der Waals surface area contributed by atoms with Crippen LogP contribution in [0.1, 0.15) is 42.2 Å². The van der Waals surface area contributed by atoms with E-state index in [1.807, 2.05) is 0 Å². The summed E-state index contributed by atoms with van der Waals surface area (Å²) in [5.74, 6) is 0.207. The average Bonchev–Trinajstić information content (AvgIpc) is 3.15. The van der Waals surface area contributed by atoms with Crippen molar-refractivity contribution in [2.75, 3.05) is 13.7 Å². The monoisotopic (exact) mass is 506 g/mol. The van der Waals surface area contributed by atoms with Gasteiger partial charge in [0.2, 0.25) is 5.78 Å². The van der Waals surface area contributed by atoms with Crippen LogP contribution in [-0.4, -0.2) is 31.3 Å². The topological polar surface area (TPSA) is 78.9 Å². The van der Waals surface area contributed by atoms with Crippen LogP contribution < -0.4 is 9.47 Å². The number of allylic oxidation sites excluding steroid dienone is 1. The number of halogens is 1. The molecule has 1 aliphatic heterocycles. The van der Waals surface area contributed by atoms with Gasteiger partial charge in [-0.2, -0.15) is 0 Å². The van der Waals surface area contributed by atoms with Crippen LogP contribution in [0, 0.1) is 6.92 Å². The fourth-order valence-corrected chi connectivity index (χ4v) is 3.64. The summed E-state index contributed by atoms with van der Waals surface area (Å²) < 4.78 is 17.2. The SMILES string of the molecule is COC(=O)c1ccc(/C=C2\Oc3c(ccc(OCC(=O)c4ccc(Br)cc4)c3C)C2=O)cc1. The van der Waals surface area contributed by atoms with Gasteiger partial charge in [0.1, 0.15) is 11.5 Å². The molecule has 3 aromatic rings. The van der Waals surface area contributed by atoms with E-state index in [2.05, 4.69) is 20.7 Å². The van der Waals surface area contributed by atoms with Crippen LogP contribution in [-0.2, 0) is 4.74 Å². The molecule has 0 atom stereocenters. The van der Waals surface area contributed by atoms with Crippen molar-refractivity contribution < 1.29 is 28.6 Å². The molecular weight excluding hydrogens is 488 g/mol. The number of methoxy groups -OCH3 is 1. The average molecular weight is 507 g/mol. The number of ketones is 2. The molecule has 0 spiro atoms. The third-order valence-electron chi connectivity index (χ3n) is 5.19. The highest BCUT2D eigenvalue weighted by atomic mass is 79.9. The summed E-state index contributed by atoms with van der Waals surface area (Å²) in [6, 6.07) is 17.0. The van der Waals surface area contributed by atoms with Gasteiger partial charge in [-0.3, -0.25) is 9.59 Å². The zero-order chi connectivity index (χ0) is 23.5. The second-order valence-electron chi connectivity index (χ2n) is 7.34. The molecule has 4 rings (SSSR count). The molecule has 0 N–H and O–H groups in total. The van der Waals surface area contributed by atoms with E-state index < -0.39 is 5.97 Å². The van der Waals surface area contributed by atoms with Crippen LogP contribution in [0.5, 0.6) is 11.5 Å². The molecule has 0 amide bonds. The molecule has 6 nitrogen and oxygen atoms in total. The highest BCUT2D eigenvalue weighted by Gasteiger charge is 2.30. The molecule has 0 saturated heterocycles. The Morgan fingerprint density at radius 2 is 1.64 bits per heavy atom. The maximum Gasteiger partial charge on any atom is 0.337 e. The zero-order valence-corrected chi connectivity index (χ0v) is 19.5. The van der Waals surface area contributed by atoms with Crippen molar-refractivity contribution in [2.45, 2.75) is 6.92 Å². The summed E-state index contributed by atoms with van der Waals surface area (Å²) in [4.78, 5) is 36.8. The van der Waals surface area contributed by atoms with Crippen molar-refractivity contribution in [3.8, 4) is 11.5 Å². The summed E-state index contributed by atoms with van der Waals surface area (Å²) in [6.45, 7) is 1.64. The summed E-state index contributed by atoms with van der Waals surface area (Å²) in [7, 11) is 1.32. The maximum absolute atomic E-state index is 12.8. The molecule has 0 aromatic heterocycles. The standard InChI is InChI=1S/C26H19BrO6/c1-15-22(32-14-21(28)17-7-9-19(27)10-8-17)12-11-20-24(29)23(33-25(15)20)13-16-3-5-18(6-4-16)26(30)31-2/h3-13H,14H2,1-2H3/b23-13-. The molecule has 1 aliphatic rings. The Labute approximate surface area is 198 Å². The summed E-state index contributed by atoms with van der Waals surface area (Å²) in [6.07, 6.45) is 1.61. The lowest BCUT2D eigenvalue weighted by Gasteiger charge is -2.11. The summed E-state index contributed by atoms with van der Waals surface area (Å²) in [5.41, 5.74) is 2.72. The van der Waals surface area contributed by atoms with Gasteiger partial charge in [0.15, 0.2) is 18.1 Å². The number of Topliss-reactive ketones (excluding diaryl/α,β-unsaturated/α-hetero) is 2. The summed E-state index contributed by atoms with van der Waals surface area (Å²) in [5, 5.41) is 0. The van der Waals surface area contributed by atoms with Crippen LogP contribution in [0.2, 0.25) is 0 Å². The maximum atomic E-state index is 12.8. The number of benzene rings is 3. The van der Waals surface area contributed by atoms with E-state index in [1.165, 1.54) is 7.11 Å². The Hall–Kier alpha value is -3.71. The number of hydrogen-bond donors (Lipinski definition) is 0. The van der Waals surface area contributed by atoms with E-state index in [0.717, 1.165) is 4.47 Å². The first kappa shape index (κ1) is 22.5. The molecule has 0 bridgehead atoms. The Bertz CT molecular complexity index is 1270. The second-order valence-corrected chi connectivity index (χ2v) is 8.25. The normalized spacial score (nSPS) is 13.4. The molecule has 0 fully saturated rings. The molecule has 166 valence electrons. The van der Waals surface area contributed by atoms with Gasteiger partial charge in [-0.1, -0.05) is 40.2 Å². The minimum Gasteiger partial charge on any atom is -0.485 e. The molecule has 0 saturated carbocycles. The Morgan fingerprint density at radius 1 is 0.970 bits per heavy atom. The largest absolute Gasteiger partial charge is 0.485 e. The molecule has 0 aliphatic carbocycles. The zero-order valence-electron chi connectivity index (χ0n) is 17.9. The van der Waals surface area contributed by atoms with Gasteiger partial charge in [-0.25, -0.2) is 4.79 Å². The number of carbonyl (C=O) groups excluding carboxylic acids is 3. The van der Waals surface area contributed by atoms with E-state index in [9.17, 15) is 14.4 Å². The van der Waals surface area contributed by atoms with E-state index in [4.69, 9.17) is 9.47 Å². The molecular formula is C26H19BrO6. The van der Waals surface area contributed by atoms with E-state index in [0.29, 0.717) is 39.3 Å². The van der Waals surface area contributed by atoms with Gasteiger partial charge < -0.3 is 14.2 Å². The Morgan fingerprint density at radius 3 is 2.30 bits per heavy atom. The fourth-order valence-electron chi connectivity index (χ4n) is 3.37. The highest BCUT2D eigenvalue weighted by Crippen LogP contribution is 2.39. The molecule has 3 aromatic carbocycles. The van der Waals surface area contributed by atoms with Gasteiger partial charge in [-0.15, -0.1) is 0 Å². The van der Waals surface area contributed by atoms with Crippen molar-refractivity contribution in [3.05, 3.63) is 98.7 Å². The Kier molecular flexibility index (Phi) is 6.42. The minimum atomic E-state index is -0.434. The number of fused-ring (bicyclic) bond motifs is 1. The van der Waals surface area contributed by atoms with E-state index in [1.54, 1.807) is 73.7 Å². The number of carbonyl (C=O) groups is 3. The predicted molar refractivity (Wildman–Crippen MR) is 126 cm³/mol. The van der Waals surface area contributed by atoms with E-state index >= 15 is 0 Å².